The van der Waals surface area contributed by atoms with Gasteiger partial charge in [-0.25, -0.2) is 23.6 Å². The molecule has 2 heterocycles. The van der Waals surface area contributed by atoms with Gasteiger partial charge in [-0.05, 0) is 0 Å². The summed E-state index contributed by atoms with van der Waals surface area (Å²) in [5.41, 5.74) is 0. The molecule has 25 heavy (non-hydrogen) atoms. The van der Waals surface area contributed by atoms with Crippen LogP contribution in [-0.2, 0) is 22.7 Å². The monoisotopic (exact) mass is 405 g/mol. The number of hydrogen-bond donors (Lipinski definition) is 6. The predicted molar refractivity (Wildman–Crippen MR) is 71.8 cm³/mol. The van der Waals surface area contributed by atoms with Gasteiger partial charge in [-0.15, -0.1) is 5.10 Å². The van der Waals surface area contributed by atoms with Crippen molar-refractivity contribution in [1.82, 2.24) is 14.8 Å². The second-order valence-electron chi connectivity index (χ2n) is 4.74. The molecule has 0 amide bonds. The van der Waals surface area contributed by atoms with E-state index in [1.807, 2.05) is 0 Å². The Labute approximate surface area is 138 Å². The molecule has 15 nitrogen and oxygen atoms in total. The largest absolute Gasteiger partial charge is 0.481 e. The third-order valence-electron chi connectivity index (χ3n) is 2.91. The van der Waals surface area contributed by atoms with Crippen LogP contribution in [-0.4, -0.2) is 75.7 Å². The minimum atomic E-state index is -5.31. The first kappa shape index (κ1) is 20.1. The van der Waals surface area contributed by atoms with Gasteiger partial charge in [0.15, 0.2) is 6.23 Å². The number of aromatic nitrogens is 3. The lowest BCUT2D eigenvalue weighted by Crippen LogP contribution is -2.33. The molecule has 1 aromatic rings. The lowest BCUT2D eigenvalue weighted by Gasteiger charge is -2.17. The molecule has 0 spiro atoms. The average Bonchev–Trinajstić information content (AvgIpc) is 3.02. The normalized spacial score (nSPS) is 29.5. The number of phosphoric acid groups is 2. The molecule has 1 unspecified atom stereocenters. The summed E-state index contributed by atoms with van der Waals surface area (Å²) >= 11 is 0. The van der Waals surface area contributed by atoms with Gasteiger partial charge in [-0.2, -0.15) is 4.31 Å². The Kier molecular flexibility index (Phi) is 5.75. The molecule has 0 aliphatic carbocycles. The van der Waals surface area contributed by atoms with Gasteiger partial charge in [0.1, 0.15) is 24.6 Å². The molecule has 0 bridgehead atoms. The van der Waals surface area contributed by atoms with Crippen molar-refractivity contribution in [1.29, 1.82) is 0 Å². The van der Waals surface area contributed by atoms with E-state index in [1.165, 1.54) is 0 Å². The molecule has 2 rings (SSSR count). The topological polar surface area (TPSA) is 231 Å². The van der Waals surface area contributed by atoms with Gasteiger partial charge in [-0.3, -0.25) is 4.52 Å². The zero-order valence-electron chi connectivity index (χ0n) is 12.0. The van der Waals surface area contributed by atoms with Crippen LogP contribution in [0.5, 0.6) is 0 Å². The van der Waals surface area contributed by atoms with Crippen LogP contribution >= 0.6 is 15.6 Å². The first-order chi connectivity index (χ1) is 11.4. The Morgan fingerprint density at radius 2 is 1.92 bits per heavy atom. The summed E-state index contributed by atoms with van der Waals surface area (Å²) in [6, 6.07) is 0. The summed E-state index contributed by atoms with van der Waals surface area (Å²) in [7, 11) is -10.5. The minimum absolute atomic E-state index is 0.597. The second-order valence-corrected chi connectivity index (χ2v) is 7.57. The van der Waals surface area contributed by atoms with Gasteiger partial charge in [0.2, 0.25) is 0 Å². The van der Waals surface area contributed by atoms with E-state index in [2.05, 4.69) is 18.9 Å². The maximum absolute atomic E-state index is 11.3. The van der Waals surface area contributed by atoms with Crippen LogP contribution in [0.25, 0.3) is 0 Å². The van der Waals surface area contributed by atoms with Crippen molar-refractivity contribution in [2.75, 3.05) is 6.61 Å². The van der Waals surface area contributed by atoms with Crippen LogP contribution in [0.2, 0.25) is 0 Å². The average molecular weight is 405 g/mol. The number of hydrogen-bond acceptors (Lipinski definition) is 10. The Balaban J connectivity index is 2.03. The maximum Gasteiger partial charge on any atom is 0.481 e. The lowest BCUT2D eigenvalue weighted by molar-refractivity contribution is -0.0581. The van der Waals surface area contributed by atoms with E-state index in [0.717, 1.165) is 11.0 Å². The number of carboxylic acids is 1. The Morgan fingerprint density at radius 3 is 2.44 bits per heavy atom. The molecule has 1 aromatic heterocycles. The molecule has 5 atom stereocenters. The SMILES string of the molecule is O=C(O)c1ncn([C@@H]2O[C@H](COP(=O)(O)OP(=O)(O)O)[C@@H](O)[C@H]2O)n1. The van der Waals surface area contributed by atoms with E-state index in [-0.39, 0.29) is 0 Å². The first-order valence-electron chi connectivity index (χ1n) is 6.30. The molecule has 142 valence electrons. The van der Waals surface area contributed by atoms with E-state index in [0.29, 0.717) is 0 Å². The predicted octanol–water partition coefficient (Wildman–Crippen LogP) is -2.18. The fraction of sp³-hybridized carbons (Fsp3) is 0.625. The highest BCUT2D eigenvalue weighted by Gasteiger charge is 2.46. The van der Waals surface area contributed by atoms with E-state index in [4.69, 9.17) is 24.5 Å². The van der Waals surface area contributed by atoms with Crippen molar-refractivity contribution in [2.24, 2.45) is 0 Å². The van der Waals surface area contributed by atoms with E-state index >= 15 is 0 Å². The summed E-state index contributed by atoms with van der Waals surface area (Å²) in [5, 5.41) is 32.0. The van der Waals surface area contributed by atoms with Gasteiger partial charge in [0, 0.05) is 0 Å². The van der Waals surface area contributed by atoms with Crippen molar-refractivity contribution >= 4 is 21.6 Å². The molecular weight excluding hydrogens is 392 g/mol. The summed E-state index contributed by atoms with van der Waals surface area (Å²) in [4.78, 5) is 40.2. The van der Waals surface area contributed by atoms with Crippen LogP contribution in [0.15, 0.2) is 6.33 Å². The highest BCUT2D eigenvalue weighted by Crippen LogP contribution is 2.57. The fourth-order valence-corrected chi connectivity index (χ4v) is 3.51. The molecule has 1 saturated heterocycles. The minimum Gasteiger partial charge on any atom is -0.475 e. The summed E-state index contributed by atoms with van der Waals surface area (Å²) in [5.74, 6) is -2.04. The number of aliphatic hydroxyl groups is 2. The summed E-state index contributed by atoms with van der Waals surface area (Å²) in [6.45, 7) is -0.886. The molecule has 0 aromatic carbocycles. The molecule has 17 heteroatoms. The van der Waals surface area contributed by atoms with Crippen molar-refractivity contribution in [3.63, 3.8) is 0 Å². The van der Waals surface area contributed by atoms with E-state index in [1.54, 1.807) is 0 Å². The van der Waals surface area contributed by atoms with Crippen molar-refractivity contribution < 1.29 is 57.5 Å². The Hall–Kier alpha value is -1.25. The highest BCUT2D eigenvalue weighted by molar-refractivity contribution is 7.60. The van der Waals surface area contributed by atoms with Crippen LogP contribution in [0.3, 0.4) is 0 Å². The molecule has 1 aliphatic rings. The van der Waals surface area contributed by atoms with Gasteiger partial charge in [-0.1, -0.05) is 0 Å². The highest BCUT2D eigenvalue weighted by atomic mass is 31.3. The van der Waals surface area contributed by atoms with Gasteiger partial charge in [0.25, 0.3) is 5.82 Å². The number of aromatic carboxylic acids is 1. The van der Waals surface area contributed by atoms with Gasteiger partial charge >= 0.3 is 21.6 Å². The molecular formula is C8H13N3O12P2. The molecule has 0 radical (unpaired) electrons. The Bertz CT molecular complexity index is 732. The van der Waals surface area contributed by atoms with Crippen LogP contribution < -0.4 is 0 Å². The van der Waals surface area contributed by atoms with Crippen molar-refractivity contribution in [2.45, 2.75) is 24.5 Å². The number of phosphoric ester groups is 1. The van der Waals surface area contributed by atoms with E-state index in [9.17, 15) is 24.1 Å². The first-order valence-corrected chi connectivity index (χ1v) is 9.32. The van der Waals surface area contributed by atoms with Crippen molar-refractivity contribution in [3.05, 3.63) is 12.2 Å². The molecule has 1 fully saturated rings. The molecule has 0 saturated carbocycles. The third-order valence-corrected chi connectivity index (χ3v) is 5.06. The number of carboxylic acid groups (broad SMARTS) is 1. The van der Waals surface area contributed by atoms with Gasteiger partial charge in [0.05, 0.1) is 6.61 Å². The fourth-order valence-electron chi connectivity index (χ4n) is 1.91. The number of aliphatic hydroxyl groups excluding tert-OH is 2. The zero-order chi connectivity index (χ0) is 19.0. The quantitative estimate of drug-likeness (QED) is 0.265. The smallest absolute Gasteiger partial charge is 0.475 e. The second kappa shape index (κ2) is 7.17. The summed E-state index contributed by atoms with van der Waals surface area (Å²) in [6.07, 6.45) is -5.17. The maximum atomic E-state index is 11.3. The standard InChI is InChI=1S/C8H13N3O12P2/c12-4-3(1-21-25(19,20)23-24(16,17)18)22-7(5(4)13)11-2-9-6(10-11)8(14)15/h2-5,7,12-13H,1H2,(H,14,15)(H,19,20)(H2,16,17,18)/t3-,4-,5-,7-/m1/s1. The number of ether oxygens (including phenoxy) is 1. The van der Waals surface area contributed by atoms with E-state index < -0.39 is 58.6 Å². The number of carbonyl (C=O) groups is 1. The Morgan fingerprint density at radius 1 is 1.28 bits per heavy atom. The summed E-state index contributed by atoms with van der Waals surface area (Å²) < 4.78 is 35.7. The van der Waals surface area contributed by atoms with Gasteiger partial charge < -0.3 is 34.7 Å². The lowest BCUT2D eigenvalue weighted by atomic mass is 10.1. The molecule has 1 aliphatic heterocycles. The van der Waals surface area contributed by atoms with Crippen molar-refractivity contribution in [3.8, 4) is 0 Å². The number of rotatable bonds is 7. The third kappa shape index (κ3) is 5.12. The van der Waals surface area contributed by atoms with Crippen LogP contribution in [0, 0.1) is 0 Å². The zero-order valence-corrected chi connectivity index (χ0v) is 13.8. The number of nitrogens with zero attached hydrogens (tertiary/aromatic N) is 3. The molecule has 6 N–H and O–H groups in total. The van der Waals surface area contributed by atoms with Crippen LogP contribution in [0.1, 0.15) is 16.8 Å². The van der Waals surface area contributed by atoms with Crippen LogP contribution in [0.4, 0.5) is 0 Å².